The van der Waals surface area contributed by atoms with E-state index in [1.54, 1.807) is 0 Å². The maximum Gasteiger partial charge on any atom is 0.266 e. The maximum atomic E-state index is 12.2. The number of rotatable bonds is 7. The van der Waals surface area contributed by atoms with Crippen LogP contribution in [0.4, 0.5) is 8.78 Å². The van der Waals surface area contributed by atoms with Gasteiger partial charge in [0.25, 0.3) is 6.08 Å². The zero-order chi connectivity index (χ0) is 15.8. The third kappa shape index (κ3) is 6.01. The van der Waals surface area contributed by atoms with Gasteiger partial charge in [0.1, 0.15) is 0 Å². The summed E-state index contributed by atoms with van der Waals surface area (Å²) in [7, 11) is 0. The van der Waals surface area contributed by atoms with Crippen LogP contribution in [-0.2, 0) is 0 Å². The van der Waals surface area contributed by atoms with E-state index >= 15 is 0 Å². The summed E-state index contributed by atoms with van der Waals surface area (Å²) in [5, 5.41) is 0. The summed E-state index contributed by atoms with van der Waals surface area (Å²) in [4.78, 5) is 0. The van der Waals surface area contributed by atoms with Gasteiger partial charge in [-0.25, -0.2) is 0 Å². The number of allylic oxidation sites excluding steroid dienone is 1. The van der Waals surface area contributed by atoms with E-state index in [9.17, 15) is 8.78 Å². The summed E-state index contributed by atoms with van der Waals surface area (Å²) in [6, 6.07) is 0. The fourth-order valence-electron chi connectivity index (χ4n) is 4.78. The fraction of sp³-hybridized carbons (Fsp3) is 0.900. The molecule has 0 amide bonds. The molecule has 0 unspecified atom stereocenters. The highest BCUT2D eigenvalue weighted by molar-refractivity contribution is 4.87. The van der Waals surface area contributed by atoms with E-state index in [0.29, 0.717) is 12.3 Å². The van der Waals surface area contributed by atoms with Crippen molar-refractivity contribution in [2.75, 3.05) is 0 Å². The molecule has 0 atom stereocenters. The first-order valence-electron chi connectivity index (χ1n) is 9.70. The summed E-state index contributed by atoms with van der Waals surface area (Å²) < 4.78 is 24.3. The van der Waals surface area contributed by atoms with Gasteiger partial charge in [-0.05, 0) is 74.7 Å². The van der Waals surface area contributed by atoms with Gasteiger partial charge >= 0.3 is 0 Å². The zero-order valence-corrected chi connectivity index (χ0v) is 14.3. The first kappa shape index (κ1) is 17.9. The molecule has 0 aromatic carbocycles. The SMILES string of the molecule is CCCCCC1CCC(C2CCC(CC=C(F)F)CC2)CC1. The predicted octanol–water partition coefficient (Wildman–Crippen LogP) is 7.35. The van der Waals surface area contributed by atoms with E-state index in [2.05, 4.69) is 6.92 Å². The van der Waals surface area contributed by atoms with Crippen LogP contribution in [0.5, 0.6) is 0 Å². The molecule has 0 N–H and O–H groups in total. The molecule has 2 aliphatic rings. The normalized spacial score (nSPS) is 32.7. The van der Waals surface area contributed by atoms with Crippen LogP contribution in [0.1, 0.15) is 90.4 Å². The lowest BCUT2D eigenvalue weighted by molar-refractivity contribution is 0.143. The second-order valence-electron chi connectivity index (χ2n) is 7.79. The van der Waals surface area contributed by atoms with Crippen LogP contribution in [0.25, 0.3) is 0 Å². The molecule has 0 radical (unpaired) electrons. The third-order valence-corrected chi connectivity index (χ3v) is 6.27. The van der Waals surface area contributed by atoms with Gasteiger partial charge < -0.3 is 0 Å². The molecule has 2 heteroatoms. The molecule has 0 aromatic rings. The van der Waals surface area contributed by atoms with E-state index in [1.165, 1.54) is 77.0 Å². The Morgan fingerprint density at radius 3 is 1.86 bits per heavy atom. The Balaban J connectivity index is 1.63. The smallest absolute Gasteiger partial charge is 0.174 e. The van der Waals surface area contributed by atoms with Crippen molar-refractivity contribution in [1.82, 2.24) is 0 Å². The molecule has 0 spiro atoms. The molecular weight excluding hydrogens is 278 g/mol. The largest absolute Gasteiger partial charge is 0.266 e. The monoisotopic (exact) mass is 312 g/mol. The summed E-state index contributed by atoms with van der Waals surface area (Å²) >= 11 is 0. The fourth-order valence-corrected chi connectivity index (χ4v) is 4.78. The van der Waals surface area contributed by atoms with Gasteiger partial charge in [-0.1, -0.05) is 45.4 Å². The number of unbranched alkanes of at least 4 members (excludes halogenated alkanes) is 2. The molecule has 0 heterocycles. The minimum atomic E-state index is -1.50. The Morgan fingerprint density at radius 2 is 1.36 bits per heavy atom. The molecule has 0 aromatic heterocycles. The number of hydrogen-bond acceptors (Lipinski definition) is 0. The first-order chi connectivity index (χ1) is 10.7. The molecule has 0 aliphatic heterocycles. The molecule has 2 saturated carbocycles. The molecule has 2 aliphatic carbocycles. The van der Waals surface area contributed by atoms with E-state index < -0.39 is 6.08 Å². The predicted molar refractivity (Wildman–Crippen MR) is 90.0 cm³/mol. The van der Waals surface area contributed by atoms with Crippen molar-refractivity contribution in [3.8, 4) is 0 Å². The average molecular weight is 312 g/mol. The minimum Gasteiger partial charge on any atom is -0.174 e. The number of hydrogen-bond donors (Lipinski definition) is 0. The standard InChI is InChI=1S/C20H34F2/c1-2-3-4-5-16-6-11-18(12-7-16)19-13-8-17(9-14-19)10-15-20(21)22/h15-19H,2-14H2,1H3. The zero-order valence-electron chi connectivity index (χ0n) is 14.3. The van der Waals surface area contributed by atoms with Crippen LogP contribution in [0.2, 0.25) is 0 Å². The van der Waals surface area contributed by atoms with Crippen molar-refractivity contribution >= 4 is 0 Å². The van der Waals surface area contributed by atoms with Crippen molar-refractivity contribution < 1.29 is 8.78 Å². The summed E-state index contributed by atoms with van der Waals surface area (Å²) in [5.74, 6) is 3.35. The second-order valence-corrected chi connectivity index (χ2v) is 7.79. The molecule has 2 fully saturated rings. The molecule has 128 valence electrons. The van der Waals surface area contributed by atoms with Gasteiger partial charge in [-0.3, -0.25) is 0 Å². The number of halogens is 2. The highest BCUT2D eigenvalue weighted by atomic mass is 19.3. The Bertz CT molecular complexity index is 317. The highest BCUT2D eigenvalue weighted by Gasteiger charge is 2.30. The van der Waals surface area contributed by atoms with Crippen molar-refractivity contribution in [3.05, 3.63) is 12.2 Å². The van der Waals surface area contributed by atoms with Gasteiger partial charge in [0, 0.05) is 0 Å². The Labute approximate surface area is 135 Å². The molecule has 22 heavy (non-hydrogen) atoms. The molecule has 0 nitrogen and oxygen atoms in total. The van der Waals surface area contributed by atoms with Crippen LogP contribution in [-0.4, -0.2) is 0 Å². The van der Waals surface area contributed by atoms with Gasteiger partial charge in [-0.2, -0.15) is 8.78 Å². The Hall–Kier alpha value is -0.400. The van der Waals surface area contributed by atoms with E-state index in [0.717, 1.165) is 23.8 Å². The van der Waals surface area contributed by atoms with Crippen LogP contribution in [0, 0.1) is 23.7 Å². The van der Waals surface area contributed by atoms with E-state index in [4.69, 9.17) is 0 Å². The van der Waals surface area contributed by atoms with E-state index in [-0.39, 0.29) is 0 Å². The second kappa shape index (κ2) is 9.67. The van der Waals surface area contributed by atoms with Gasteiger partial charge in [0.2, 0.25) is 0 Å². The van der Waals surface area contributed by atoms with Crippen molar-refractivity contribution in [1.29, 1.82) is 0 Å². The quantitative estimate of drug-likeness (QED) is 0.431. The Morgan fingerprint density at radius 1 is 0.818 bits per heavy atom. The van der Waals surface area contributed by atoms with Crippen molar-refractivity contribution in [2.24, 2.45) is 23.7 Å². The summed E-state index contributed by atoms with van der Waals surface area (Å²) in [6.07, 6.45) is 16.5. The lowest BCUT2D eigenvalue weighted by atomic mass is 9.68. The molecular formula is C20H34F2. The molecule has 0 bridgehead atoms. The van der Waals surface area contributed by atoms with Gasteiger partial charge in [0.05, 0.1) is 0 Å². The lowest BCUT2D eigenvalue weighted by Gasteiger charge is -2.37. The van der Waals surface area contributed by atoms with Crippen LogP contribution in [0.3, 0.4) is 0 Å². The third-order valence-electron chi connectivity index (χ3n) is 6.27. The summed E-state index contributed by atoms with van der Waals surface area (Å²) in [6.45, 7) is 2.28. The van der Waals surface area contributed by atoms with Crippen LogP contribution >= 0.6 is 0 Å². The maximum absolute atomic E-state index is 12.2. The highest BCUT2D eigenvalue weighted by Crippen LogP contribution is 2.42. The molecule has 0 saturated heterocycles. The lowest BCUT2D eigenvalue weighted by Crippen LogP contribution is -2.25. The van der Waals surface area contributed by atoms with Gasteiger partial charge in [0.15, 0.2) is 0 Å². The van der Waals surface area contributed by atoms with Crippen LogP contribution < -0.4 is 0 Å². The minimum absolute atomic E-state index is 0.517. The van der Waals surface area contributed by atoms with Crippen molar-refractivity contribution in [2.45, 2.75) is 90.4 Å². The summed E-state index contributed by atoms with van der Waals surface area (Å²) in [5.41, 5.74) is 0. The first-order valence-corrected chi connectivity index (χ1v) is 9.70. The van der Waals surface area contributed by atoms with Crippen LogP contribution in [0.15, 0.2) is 12.2 Å². The molecule has 2 rings (SSSR count). The topological polar surface area (TPSA) is 0 Å². The average Bonchev–Trinajstić information content (AvgIpc) is 2.54. The van der Waals surface area contributed by atoms with E-state index in [1.807, 2.05) is 0 Å². The van der Waals surface area contributed by atoms with Crippen molar-refractivity contribution in [3.63, 3.8) is 0 Å². The van der Waals surface area contributed by atoms with Gasteiger partial charge in [-0.15, -0.1) is 0 Å². The Kier molecular flexibility index (Phi) is 7.89.